The predicted octanol–water partition coefficient (Wildman–Crippen LogP) is 5.23. The van der Waals surface area contributed by atoms with Crippen molar-refractivity contribution >= 4 is 17.5 Å². The fraction of sp³-hybridized carbons (Fsp3) is 0.310. The zero-order valence-corrected chi connectivity index (χ0v) is 20.4. The van der Waals surface area contributed by atoms with Crippen LogP contribution in [0.15, 0.2) is 72.8 Å². The Morgan fingerprint density at radius 2 is 1.89 bits per heavy atom. The lowest BCUT2D eigenvalue weighted by molar-refractivity contribution is -0.114. The molecule has 1 heterocycles. The molecule has 0 unspecified atom stereocenters. The van der Waals surface area contributed by atoms with Gasteiger partial charge in [0.25, 0.3) is 5.91 Å². The van der Waals surface area contributed by atoms with Gasteiger partial charge >= 0.3 is 0 Å². The van der Waals surface area contributed by atoms with Crippen LogP contribution >= 0.6 is 0 Å². The molecule has 0 spiro atoms. The van der Waals surface area contributed by atoms with E-state index in [0.717, 1.165) is 18.4 Å². The van der Waals surface area contributed by atoms with Crippen LogP contribution in [0.4, 0.5) is 10.1 Å². The minimum atomic E-state index is -0.233. The highest BCUT2D eigenvalue weighted by Gasteiger charge is 2.24. The molecule has 1 saturated heterocycles. The van der Waals surface area contributed by atoms with Crippen molar-refractivity contribution in [3.8, 4) is 5.75 Å². The van der Waals surface area contributed by atoms with Gasteiger partial charge in [0.05, 0.1) is 12.7 Å². The van der Waals surface area contributed by atoms with Gasteiger partial charge in [0.15, 0.2) is 0 Å². The number of benzene rings is 3. The molecule has 1 atom stereocenters. The Morgan fingerprint density at radius 3 is 2.61 bits per heavy atom. The van der Waals surface area contributed by atoms with Crippen LogP contribution in [0, 0.1) is 5.82 Å². The summed E-state index contributed by atoms with van der Waals surface area (Å²) in [5.74, 6) is 0.173. The third-order valence-electron chi connectivity index (χ3n) is 6.06. The molecule has 6 nitrogen and oxygen atoms in total. The van der Waals surface area contributed by atoms with E-state index in [-0.39, 0.29) is 23.7 Å². The van der Waals surface area contributed by atoms with Gasteiger partial charge in [0.2, 0.25) is 5.91 Å². The van der Waals surface area contributed by atoms with E-state index in [1.807, 2.05) is 30.3 Å². The van der Waals surface area contributed by atoms with Gasteiger partial charge in [0, 0.05) is 44.3 Å². The Balaban J connectivity index is 1.43. The summed E-state index contributed by atoms with van der Waals surface area (Å²) in [5, 5.41) is 2.72. The number of anilines is 1. The molecule has 7 heteroatoms. The van der Waals surface area contributed by atoms with Crippen LogP contribution in [0.25, 0.3) is 0 Å². The summed E-state index contributed by atoms with van der Waals surface area (Å²) >= 11 is 0. The molecule has 0 bridgehead atoms. The van der Waals surface area contributed by atoms with E-state index in [9.17, 15) is 14.0 Å². The molecule has 3 aromatic rings. The molecule has 1 aliphatic heterocycles. The second-order valence-electron chi connectivity index (χ2n) is 8.92. The lowest BCUT2D eigenvalue weighted by Crippen LogP contribution is -2.37. The summed E-state index contributed by atoms with van der Waals surface area (Å²) in [4.78, 5) is 26.5. The highest BCUT2D eigenvalue weighted by molar-refractivity contribution is 5.95. The largest absolute Gasteiger partial charge is 0.493 e. The maximum atomic E-state index is 13.9. The normalized spacial score (nSPS) is 14.9. The van der Waals surface area contributed by atoms with Gasteiger partial charge in [-0.05, 0) is 66.4 Å². The number of amides is 2. The van der Waals surface area contributed by atoms with Crippen molar-refractivity contribution in [2.24, 2.45) is 0 Å². The average Bonchev–Trinajstić information content (AvgIpc) is 3.38. The van der Waals surface area contributed by atoms with Crippen LogP contribution in [0.3, 0.4) is 0 Å². The van der Waals surface area contributed by atoms with Crippen LogP contribution in [0.1, 0.15) is 41.3 Å². The average molecular weight is 491 g/mol. The van der Waals surface area contributed by atoms with Gasteiger partial charge < -0.3 is 19.7 Å². The highest BCUT2D eigenvalue weighted by Crippen LogP contribution is 2.21. The Kier molecular flexibility index (Phi) is 8.68. The number of nitrogens with zero attached hydrogens (tertiary/aromatic N) is 1. The lowest BCUT2D eigenvalue weighted by atomic mass is 10.1. The van der Waals surface area contributed by atoms with Gasteiger partial charge in [-0.25, -0.2) is 4.39 Å². The van der Waals surface area contributed by atoms with Crippen LogP contribution in [-0.4, -0.2) is 42.6 Å². The van der Waals surface area contributed by atoms with Crippen molar-refractivity contribution in [1.82, 2.24) is 4.90 Å². The van der Waals surface area contributed by atoms with Gasteiger partial charge in [-0.2, -0.15) is 0 Å². The van der Waals surface area contributed by atoms with Crippen molar-refractivity contribution in [2.45, 2.75) is 38.8 Å². The van der Waals surface area contributed by atoms with Gasteiger partial charge in [-0.1, -0.05) is 30.3 Å². The topological polar surface area (TPSA) is 67.9 Å². The van der Waals surface area contributed by atoms with Crippen molar-refractivity contribution in [2.75, 3.05) is 25.1 Å². The quantitative estimate of drug-likeness (QED) is 0.423. The molecule has 2 amide bonds. The SMILES string of the molecule is CC(=O)Nc1ccc(C(=O)N(Cc2cccc(OCCc3ccccc3F)c2)C[C@@H]2CCCO2)cc1. The minimum absolute atomic E-state index is 0.00723. The van der Waals surface area contributed by atoms with Crippen LogP contribution in [-0.2, 0) is 22.5 Å². The van der Waals surface area contributed by atoms with Gasteiger partial charge in [0.1, 0.15) is 11.6 Å². The van der Waals surface area contributed by atoms with Crippen molar-refractivity contribution in [3.63, 3.8) is 0 Å². The summed E-state index contributed by atoms with van der Waals surface area (Å²) in [5.41, 5.74) is 2.73. The number of hydrogen-bond donors (Lipinski definition) is 1. The minimum Gasteiger partial charge on any atom is -0.493 e. The zero-order valence-electron chi connectivity index (χ0n) is 20.4. The zero-order chi connectivity index (χ0) is 25.3. The molecular weight excluding hydrogens is 459 g/mol. The Morgan fingerprint density at radius 1 is 1.08 bits per heavy atom. The van der Waals surface area contributed by atoms with Crippen molar-refractivity contribution in [3.05, 3.63) is 95.3 Å². The summed E-state index contributed by atoms with van der Waals surface area (Å²) in [6, 6.07) is 21.2. The Labute approximate surface area is 211 Å². The third kappa shape index (κ3) is 7.15. The third-order valence-corrected chi connectivity index (χ3v) is 6.06. The second kappa shape index (κ2) is 12.3. The number of halogens is 1. The van der Waals surface area contributed by atoms with E-state index in [1.165, 1.54) is 13.0 Å². The first-order valence-corrected chi connectivity index (χ1v) is 12.2. The number of carbonyl (C=O) groups excluding carboxylic acids is 2. The summed E-state index contributed by atoms with van der Waals surface area (Å²) in [7, 11) is 0. The first-order valence-electron chi connectivity index (χ1n) is 12.2. The molecule has 0 aromatic heterocycles. The number of rotatable bonds is 10. The van der Waals surface area contributed by atoms with E-state index in [4.69, 9.17) is 9.47 Å². The standard InChI is InChI=1S/C29H31FN2O4/c1-21(33)31-25-13-11-24(12-14-25)29(34)32(20-27-9-5-16-35-27)19-22-6-4-8-26(18-22)36-17-15-23-7-2-3-10-28(23)30/h2-4,6-8,10-14,18,27H,5,9,15-17,19-20H2,1H3,(H,31,33)/t27-/m0/s1. The van der Waals surface area contributed by atoms with E-state index in [0.29, 0.717) is 55.3 Å². The van der Waals surface area contributed by atoms with Gasteiger partial charge in [-0.3, -0.25) is 9.59 Å². The second-order valence-corrected chi connectivity index (χ2v) is 8.92. The molecule has 0 radical (unpaired) electrons. The molecule has 1 aliphatic rings. The van der Waals surface area contributed by atoms with E-state index in [2.05, 4.69) is 5.32 Å². The summed E-state index contributed by atoms with van der Waals surface area (Å²) in [6.07, 6.45) is 2.39. The fourth-order valence-corrected chi connectivity index (χ4v) is 4.27. The highest BCUT2D eigenvalue weighted by atomic mass is 19.1. The van der Waals surface area contributed by atoms with Crippen LogP contribution < -0.4 is 10.1 Å². The predicted molar refractivity (Wildman–Crippen MR) is 137 cm³/mol. The van der Waals surface area contributed by atoms with E-state index < -0.39 is 0 Å². The first kappa shape index (κ1) is 25.4. The van der Waals surface area contributed by atoms with Crippen molar-refractivity contribution in [1.29, 1.82) is 0 Å². The Hall–Kier alpha value is -3.71. The summed E-state index contributed by atoms with van der Waals surface area (Å²) in [6.45, 7) is 3.40. The van der Waals surface area contributed by atoms with Crippen LogP contribution in [0.5, 0.6) is 5.75 Å². The fourth-order valence-electron chi connectivity index (χ4n) is 4.27. The van der Waals surface area contributed by atoms with E-state index >= 15 is 0 Å². The summed E-state index contributed by atoms with van der Waals surface area (Å²) < 4.78 is 25.5. The number of hydrogen-bond acceptors (Lipinski definition) is 4. The molecule has 4 rings (SSSR count). The molecule has 0 aliphatic carbocycles. The Bertz CT molecular complexity index is 1180. The lowest BCUT2D eigenvalue weighted by Gasteiger charge is -2.26. The molecular formula is C29H31FN2O4. The van der Waals surface area contributed by atoms with Gasteiger partial charge in [-0.15, -0.1) is 0 Å². The smallest absolute Gasteiger partial charge is 0.254 e. The number of carbonyl (C=O) groups is 2. The molecule has 1 fully saturated rings. The van der Waals surface area contributed by atoms with E-state index in [1.54, 1.807) is 41.3 Å². The number of nitrogens with one attached hydrogen (secondary N) is 1. The monoisotopic (exact) mass is 490 g/mol. The maximum absolute atomic E-state index is 13.9. The van der Waals surface area contributed by atoms with Crippen LogP contribution in [0.2, 0.25) is 0 Å². The molecule has 188 valence electrons. The maximum Gasteiger partial charge on any atom is 0.254 e. The molecule has 3 aromatic carbocycles. The number of ether oxygens (including phenoxy) is 2. The molecule has 36 heavy (non-hydrogen) atoms. The first-order chi connectivity index (χ1) is 17.5. The molecule has 0 saturated carbocycles. The molecule has 1 N–H and O–H groups in total. The van der Waals surface area contributed by atoms with Crippen molar-refractivity contribution < 1.29 is 23.5 Å².